The van der Waals surface area contributed by atoms with Crippen LogP contribution in [0.1, 0.15) is 19.4 Å². The van der Waals surface area contributed by atoms with Crippen LogP contribution in [0.5, 0.6) is 0 Å². The van der Waals surface area contributed by atoms with E-state index in [1.807, 2.05) is 30.1 Å². The Morgan fingerprint density at radius 1 is 1.78 bits per heavy atom. The van der Waals surface area contributed by atoms with E-state index in [9.17, 15) is 4.79 Å². The summed E-state index contributed by atoms with van der Waals surface area (Å²) in [5, 5.41) is 10.6. The van der Waals surface area contributed by atoms with Crippen LogP contribution in [-0.4, -0.2) is 40.8 Å². The molecule has 2 rings (SSSR count). The van der Waals surface area contributed by atoms with Gasteiger partial charge in [0, 0.05) is 30.5 Å². The molecular formula is C12H20N4OS. The number of thioether (sulfide) groups is 1. The molecule has 1 aliphatic rings. The molecule has 6 heteroatoms. The van der Waals surface area contributed by atoms with Crippen LogP contribution in [0.4, 0.5) is 5.82 Å². The summed E-state index contributed by atoms with van der Waals surface area (Å²) in [4.78, 5) is 11.8. The maximum atomic E-state index is 11.8. The third kappa shape index (κ3) is 3.26. The summed E-state index contributed by atoms with van der Waals surface area (Å²) >= 11 is 1.68. The highest BCUT2D eigenvalue weighted by Gasteiger charge is 2.18. The summed E-state index contributed by atoms with van der Waals surface area (Å²) in [6.45, 7) is 3.93. The third-order valence-corrected chi connectivity index (χ3v) is 3.97. The van der Waals surface area contributed by atoms with Gasteiger partial charge in [-0.05, 0) is 19.2 Å². The minimum Gasteiger partial charge on any atom is -0.315 e. The highest BCUT2D eigenvalue weighted by atomic mass is 32.2. The van der Waals surface area contributed by atoms with Crippen LogP contribution in [0.3, 0.4) is 0 Å². The molecule has 1 aromatic heterocycles. The zero-order chi connectivity index (χ0) is 13.0. The first-order valence-corrected chi connectivity index (χ1v) is 7.65. The number of hydrogen-bond donors (Lipinski definition) is 2. The molecule has 18 heavy (non-hydrogen) atoms. The second kappa shape index (κ2) is 6.24. The molecule has 0 aromatic carbocycles. The smallest absolute Gasteiger partial charge is 0.229 e. The average Bonchev–Trinajstić information content (AvgIpc) is 2.98. The molecule has 1 saturated heterocycles. The lowest BCUT2D eigenvalue weighted by Gasteiger charge is -2.10. The van der Waals surface area contributed by atoms with Crippen LogP contribution < -0.4 is 10.6 Å². The van der Waals surface area contributed by atoms with E-state index < -0.39 is 0 Å². The molecule has 0 saturated carbocycles. The van der Waals surface area contributed by atoms with E-state index in [1.165, 1.54) is 0 Å². The minimum absolute atomic E-state index is 0.0123. The van der Waals surface area contributed by atoms with E-state index in [-0.39, 0.29) is 11.8 Å². The fraction of sp³-hybridized carbons (Fsp3) is 0.667. The Hall–Kier alpha value is -1.01. The third-order valence-electron chi connectivity index (χ3n) is 3.13. The van der Waals surface area contributed by atoms with Crippen molar-refractivity contribution >= 4 is 23.5 Å². The fourth-order valence-corrected chi connectivity index (χ4v) is 2.70. The molecule has 0 radical (unpaired) electrons. The van der Waals surface area contributed by atoms with Gasteiger partial charge in [0.1, 0.15) is 0 Å². The lowest BCUT2D eigenvalue weighted by molar-refractivity contribution is -0.118. The summed E-state index contributed by atoms with van der Waals surface area (Å²) in [5.74, 6) is 1.54. The number of aromatic nitrogens is 2. The van der Waals surface area contributed by atoms with Gasteiger partial charge >= 0.3 is 0 Å². The fourth-order valence-electron chi connectivity index (χ4n) is 2.05. The maximum absolute atomic E-state index is 11.8. The van der Waals surface area contributed by atoms with Gasteiger partial charge in [-0.2, -0.15) is 16.9 Å². The van der Waals surface area contributed by atoms with Crippen LogP contribution in [0.15, 0.2) is 12.3 Å². The Bertz CT molecular complexity index is 401. The normalized spacial score (nSPS) is 20.9. The van der Waals surface area contributed by atoms with Gasteiger partial charge in [0.2, 0.25) is 5.91 Å². The van der Waals surface area contributed by atoms with Crippen molar-refractivity contribution in [1.29, 1.82) is 0 Å². The van der Waals surface area contributed by atoms with Crippen LogP contribution in [0.25, 0.3) is 0 Å². The van der Waals surface area contributed by atoms with Gasteiger partial charge in [-0.1, -0.05) is 6.92 Å². The molecule has 2 heterocycles. The molecule has 0 spiro atoms. The van der Waals surface area contributed by atoms with Gasteiger partial charge in [-0.3, -0.25) is 9.48 Å². The van der Waals surface area contributed by atoms with E-state index in [0.717, 1.165) is 25.3 Å². The molecule has 1 aliphatic heterocycles. The predicted molar refractivity (Wildman–Crippen MR) is 74.9 cm³/mol. The lowest BCUT2D eigenvalue weighted by atomic mass is 10.2. The van der Waals surface area contributed by atoms with Crippen molar-refractivity contribution in [2.45, 2.75) is 19.4 Å². The number of hydrogen-bond acceptors (Lipinski definition) is 4. The molecular weight excluding hydrogens is 248 g/mol. The Morgan fingerprint density at radius 2 is 2.61 bits per heavy atom. The Balaban J connectivity index is 1.91. The highest BCUT2D eigenvalue weighted by molar-refractivity contribution is 7.98. The first-order chi connectivity index (χ1) is 8.70. The molecule has 5 nitrogen and oxygen atoms in total. The van der Waals surface area contributed by atoms with Gasteiger partial charge in [-0.25, -0.2) is 0 Å². The van der Waals surface area contributed by atoms with Gasteiger partial charge in [0.15, 0.2) is 5.82 Å². The summed E-state index contributed by atoms with van der Waals surface area (Å²) in [6, 6.07) is 2.28. The van der Waals surface area contributed by atoms with Crippen molar-refractivity contribution in [1.82, 2.24) is 15.1 Å². The first kappa shape index (κ1) is 13.4. The number of rotatable bonds is 5. The van der Waals surface area contributed by atoms with E-state index in [2.05, 4.69) is 15.7 Å². The van der Waals surface area contributed by atoms with Crippen LogP contribution >= 0.6 is 11.8 Å². The van der Waals surface area contributed by atoms with Gasteiger partial charge in [0.05, 0.1) is 6.04 Å². The molecule has 0 aliphatic carbocycles. The number of carbonyl (C=O) groups is 1. The second-order valence-corrected chi connectivity index (χ2v) is 5.58. The molecule has 2 N–H and O–H groups in total. The molecule has 1 fully saturated rings. The molecule has 1 amide bonds. The molecule has 100 valence electrons. The standard InChI is InChI=1S/C12H20N4OS/c1-9(8-18-2)12(17)14-11-4-6-16(15-11)10-3-5-13-7-10/h4,6,9-10,13H,3,5,7-8H2,1-2H3,(H,14,15,17)/t9-,10-/m0/s1. The van der Waals surface area contributed by atoms with Crippen molar-refractivity contribution in [3.63, 3.8) is 0 Å². The second-order valence-electron chi connectivity index (χ2n) is 4.67. The summed E-state index contributed by atoms with van der Waals surface area (Å²) in [6.07, 6.45) is 5.04. The van der Waals surface area contributed by atoms with E-state index in [0.29, 0.717) is 11.9 Å². The van der Waals surface area contributed by atoms with E-state index in [4.69, 9.17) is 0 Å². The van der Waals surface area contributed by atoms with E-state index >= 15 is 0 Å². The Labute approximate surface area is 112 Å². The Kier molecular flexibility index (Phi) is 4.66. The zero-order valence-electron chi connectivity index (χ0n) is 10.8. The van der Waals surface area contributed by atoms with Crippen molar-refractivity contribution < 1.29 is 4.79 Å². The number of anilines is 1. The van der Waals surface area contributed by atoms with Crippen molar-refractivity contribution in [3.05, 3.63) is 12.3 Å². The summed E-state index contributed by atoms with van der Waals surface area (Å²) < 4.78 is 1.94. The number of amides is 1. The van der Waals surface area contributed by atoms with Crippen LogP contribution in [0.2, 0.25) is 0 Å². The molecule has 2 atom stereocenters. The SMILES string of the molecule is CSC[C@H](C)C(=O)Nc1ccn([C@H]2CCNC2)n1. The Morgan fingerprint density at radius 3 is 3.28 bits per heavy atom. The van der Waals surface area contributed by atoms with Crippen molar-refractivity contribution in [2.75, 3.05) is 30.4 Å². The first-order valence-electron chi connectivity index (χ1n) is 6.26. The average molecular weight is 268 g/mol. The van der Waals surface area contributed by atoms with Crippen molar-refractivity contribution in [3.8, 4) is 0 Å². The quantitative estimate of drug-likeness (QED) is 0.846. The van der Waals surface area contributed by atoms with Crippen molar-refractivity contribution in [2.24, 2.45) is 5.92 Å². The van der Waals surface area contributed by atoms with Gasteiger partial charge in [0.25, 0.3) is 0 Å². The monoisotopic (exact) mass is 268 g/mol. The molecule has 0 unspecified atom stereocenters. The number of carbonyl (C=O) groups excluding carboxylic acids is 1. The van der Waals surface area contributed by atoms with Crippen LogP contribution in [0, 0.1) is 5.92 Å². The summed E-state index contributed by atoms with van der Waals surface area (Å²) in [5.41, 5.74) is 0. The molecule has 0 bridgehead atoms. The summed E-state index contributed by atoms with van der Waals surface area (Å²) in [7, 11) is 0. The number of nitrogens with zero attached hydrogens (tertiary/aromatic N) is 2. The molecule has 1 aromatic rings. The lowest BCUT2D eigenvalue weighted by Crippen LogP contribution is -2.22. The maximum Gasteiger partial charge on any atom is 0.229 e. The largest absolute Gasteiger partial charge is 0.315 e. The topological polar surface area (TPSA) is 59.0 Å². The highest BCUT2D eigenvalue weighted by Crippen LogP contribution is 2.16. The predicted octanol–water partition coefficient (Wildman–Crippen LogP) is 1.36. The van der Waals surface area contributed by atoms with Gasteiger partial charge < -0.3 is 10.6 Å². The zero-order valence-corrected chi connectivity index (χ0v) is 11.7. The minimum atomic E-state index is 0.0123. The van der Waals surface area contributed by atoms with Gasteiger partial charge in [-0.15, -0.1) is 0 Å². The van der Waals surface area contributed by atoms with Crippen LogP contribution in [-0.2, 0) is 4.79 Å². The number of nitrogens with one attached hydrogen (secondary N) is 2. The van der Waals surface area contributed by atoms with E-state index in [1.54, 1.807) is 11.8 Å².